The van der Waals surface area contributed by atoms with Gasteiger partial charge in [0.05, 0.1) is 5.82 Å². The molecule has 1 aliphatic heterocycles. The van der Waals surface area contributed by atoms with Crippen LogP contribution in [0.1, 0.15) is 11.5 Å². The molecule has 1 aliphatic rings. The van der Waals surface area contributed by atoms with Gasteiger partial charge in [-0.05, 0) is 23.8 Å². The summed E-state index contributed by atoms with van der Waals surface area (Å²) in [5.41, 5.74) is 6.68. The highest BCUT2D eigenvalue weighted by Crippen LogP contribution is 2.29. The first-order chi connectivity index (χ1) is 6.66. The number of rotatable bonds is 1. The van der Waals surface area contributed by atoms with Gasteiger partial charge in [0, 0.05) is 22.5 Å². The van der Waals surface area contributed by atoms with Crippen LogP contribution in [0.3, 0.4) is 0 Å². The molecule has 0 fully saturated rings. The highest BCUT2D eigenvalue weighted by atomic mass is 35.5. The van der Waals surface area contributed by atoms with E-state index in [9.17, 15) is 0 Å². The predicted octanol–water partition coefficient (Wildman–Crippen LogP) is 2.48. The molecule has 1 aromatic carbocycles. The summed E-state index contributed by atoms with van der Waals surface area (Å²) < 4.78 is 0. The van der Waals surface area contributed by atoms with Crippen molar-refractivity contribution in [3.05, 3.63) is 45.7 Å². The second kappa shape index (κ2) is 3.71. The Labute approximate surface area is 92.7 Å². The van der Waals surface area contributed by atoms with Gasteiger partial charge in [-0.2, -0.15) is 0 Å². The molecule has 0 radical (unpaired) electrons. The molecule has 74 valence electrons. The van der Waals surface area contributed by atoms with E-state index in [0.29, 0.717) is 15.9 Å². The van der Waals surface area contributed by atoms with E-state index in [4.69, 9.17) is 28.9 Å². The molecule has 4 heteroatoms. The van der Waals surface area contributed by atoms with Crippen LogP contribution in [-0.2, 0) is 0 Å². The lowest BCUT2D eigenvalue weighted by Gasteiger charge is -2.09. The van der Waals surface area contributed by atoms with E-state index in [2.05, 4.69) is 5.32 Å². The fraction of sp³-hybridized carbons (Fsp3) is 0.200. The molecule has 0 spiro atoms. The number of halogens is 2. The van der Waals surface area contributed by atoms with Crippen LogP contribution < -0.4 is 11.1 Å². The summed E-state index contributed by atoms with van der Waals surface area (Å²) in [6.45, 7) is 0.799. The highest BCUT2D eigenvalue weighted by molar-refractivity contribution is 6.35. The molecule has 0 aliphatic carbocycles. The van der Waals surface area contributed by atoms with Gasteiger partial charge in [0.25, 0.3) is 0 Å². The molecule has 0 amide bonds. The quantitative estimate of drug-likeness (QED) is 0.776. The molecule has 1 atom stereocenters. The van der Waals surface area contributed by atoms with Gasteiger partial charge in [0.2, 0.25) is 0 Å². The molecule has 3 N–H and O–H groups in total. The number of nitrogens with two attached hydrogens (primary N) is 1. The molecular formula is C10H10Cl2N2. The Morgan fingerprint density at radius 2 is 2.14 bits per heavy atom. The van der Waals surface area contributed by atoms with Gasteiger partial charge < -0.3 is 11.1 Å². The second-order valence-electron chi connectivity index (χ2n) is 3.28. The van der Waals surface area contributed by atoms with Gasteiger partial charge in [0.1, 0.15) is 0 Å². The summed E-state index contributed by atoms with van der Waals surface area (Å²) in [4.78, 5) is 0. The summed E-state index contributed by atoms with van der Waals surface area (Å²) in [6.07, 6.45) is 1.97. The van der Waals surface area contributed by atoms with Gasteiger partial charge in [-0.25, -0.2) is 0 Å². The highest BCUT2D eigenvalue weighted by Gasteiger charge is 2.17. The Morgan fingerprint density at radius 3 is 2.71 bits per heavy atom. The Balaban J connectivity index is 2.33. The van der Waals surface area contributed by atoms with Gasteiger partial charge in [-0.3, -0.25) is 0 Å². The van der Waals surface area contributed by atoms with Crippen molar-refractivity contribution < 1.29 is 0 Å². The standard InChI is InChI=1S/C10H10Cl2N2/c11-7-1-2-8(9(12)4-7)6-3-10(13)14-5-6/h1-4,6,14H,5,13H2/t6-/m0/s1. The number of hydrogen-bond acceptors (Lipinski definition) is 2. The van der Waals surface area contributed by atoms with Gasteiger partial charge >= 0.3 is 0 Å². The van der Waals surface area contributed by atoms with Crippen molar-refractivity contribution in [3.8, 4) is 0 Å². The van der Waals surface area contributed by atoms with E-state index in [1.807, 2.05) is 18.2 Å². The molecular weight excluding hydrogens is 219 g/mol. The fourth-order valence-electron chi connectivity index (χ4n) is 1.56. The fourth-order valence-corrected chi connectivity index (χ4v) is 2.11. The van der Waals surface area contributed by atoms with Gasteiger partial charge in [-0.15, -0.1) is 0 Å². The molecule has 1 aromatic rings. The van der Waals surface area contributed by atoms with Crippen LogP contribution in [0, 0.1) is 0 Å². The van der Waals surface area contributed by atoms with Gasteiger partial charge in [0.15, 0.2) is 0 Å². The number of benzene rings is 1. The van der Waals surface area contributed by atoms with Crippen LogP contribution in [-0.4, -0.2) is 6.54 Å². The maximum absolute atomic E-state index is 6.07. The molecule has 0 bridgehead atoms. The SMILES string of the molecule is NC1=C[C@H](c2ccc(Cl)cc2Cl)CN1. The first-order valence-electron chi connectivity index (χ1n) is 4.33. The van der Waals surface area contributed by atoms with Crippen molar-refractivity contribution >= 4 is 23.2 Å². The van der Waals surface area contributed by atoms with Crippen molar-refractivity contribution in [2.24, 2.45) is 5.73 Å². The average Bonchev–Trinajstić information content (AvgIpc) is 2.51. The van der Waals surface area contributed by atoms with Gasteiger partial charge in [-0.1, -0.05) is 29.3 Å². The maximum atomic E-state index is 6.07. The lowest BCUT2D eigenvalue weighted by molar-refractivity contribution is 0.791. The average molecular weight is 229 g/mol. The zero-order valence-electron chi connectivity index (χ0n) is 7.43. The van der Waals surface area contributed by atoms with Crippen molar-refractivity contribution in [2.75, 3.05) is 6.54 Å². The van der Waals surface area contributed by atoms with E-state index < -0.39 is 0 Å². The zero-order valence-corrected chi connectivity index (χ0v) is 8.94. The van der Waals surface area contributed by atoms with E-state index in [0.717, 1.165) is 12.1 Å². The minimum Gasteiger partial charge on any atom is -0.386 e. The number of nitrogens with one attached hydrogen (secondary N) is 1. The van der Waals surface area contributed by atoms with Crippen LogP contribution in [0.15, 0.2) is 30.1 Å². The second-order valence-corrected chi connectivity index (χ2v) is 4.12. The van der Waals surface area contributed by atoms with E-state index in [1.165, 1.54) is 0 Å². The first kappa shape index (κ1) is 9.69. The van der Waals surface area contributed by atoms with Crippen molar-refractivity contribution in [1.29, 1.82) is 0 Å². The predicted molar refractivity (Wildman–Crippen MR) is 59.5 cm³/mol. The van der Waals surface area contributed by atoms with Crippen LogP contribution in [0.4, 0.5) is 0 Å². The van der Waals surface area contributed by atoms with Crippen LogP contribution in [0.25, 0.3) is 0 Å². The summed E-state index contributed by atoms with van der Waals surface area (Å²) in [5.74, 6) is 0.959. The normalized spacial score (nSPS) is 20.4. The third-order valence-electron chi connectivity index (χ3n) is 2.27. The van der Waals surface area contributed by atoms with Crippen LogP contribution >= 0.6 is 23.2 Å². The van der Waals surface area contributed by atoms with Crippen LogP contribution in [0.2, 0.25) is 10.0 Å². The Kier molecular flexibility index (Phi) is 2.57. The molecule has 0 aromatic heterocycles. The van der Waals surface area contributed by atoms with E-state index in [1.54, 1.807) is 6.07 Å². The smallest absolute Gasteiger partial charge is 0.0926 e. The third-order valence-corrected chi connectivity index (χ3v) is 2.83. The largest absolute Gasteiger partial charge is 0.386 e. The Hall–Kier alpha value is -0.860. The minimum absolute atomic E-state index is 0.250. The zero-order chi connectivity index (χ0) is 10.1. The topological polar surface area (TPSA) is 38.0 Å². The number of hydrogen-bond donors (Lipinski definition) is 2. The van der Waals surface area contributed by atoms with E-state index in [-0.39, 0.29) is 5.92 Å². The Morgan fingerprint density at radius 1 is 1.36 bits per heavy atom. The van der Waals surface area contributed by atoms with Crippen molar-refractivity contribution in [1.82, 2.24) is 5.32 Å². The Bertz CT molecular complexity index is 388. The van der Waals surface area contributed by atoms with E-state index >= 15 is 0 Å². The lowest BCUT2D eigenvalue weighted by Crippen LogP contribution is -2.16. The van der Waals surface area contributed by atoms with Crippen LogP contribution in [0.5, 0.6) is 0 Å². The molecule has 2 nitrogen and oxygen atoms in total. The molecule has 14 heavy (non-hydrogen) atoms. The molecule has 2 rings (SSSR count). The molecule has 0 saturated heterocycles. The third kappa shape index (κ3) is 1.81. The molecule has 1 heterocycles. The van der Waals surface area contributed by atoms with Crippen molar-refractivity contribution in [2.45, 2.75) is 5.92 Å². The first-order valence-corrected chi connectivity index (χ1v) is 5.08. The molecule has 0 unspecified atom stereocenters. The van der Waals surface area contributed by atoms with Crippen molar-refractivity contribution in [3.63, 3.8) is 0 Å². The minimum atomic E-state index is 0.250. The monoisotopic (exact) mass is 228 g/mol. The lowest BCUT2D eigenvalue weighted by atomic mass is 10.0. The maximum Gasteiger partial charge on any atom is 0.0926 e. The molecule has 0 saturated carbocycles. The summed E-state index contributed by atoms with van der Waals surface area (Å²) >= 11 is 11.9. The summed E-state index contributed by atoms with van der Waals surface area (Å²) in [5, 5.41) is 4.40. The summed E-state index contributed by atoms with van der Waals surface area (Å²) in [7, 11) is 0. The summed E-state index contributed by atoms with van der Waals surface area (Å²) in [6, 6.07) is 5.53.